The van der Waals surface area contributed by atoms with Gasteiger partial charge in [-0.3, -0.25) is 4.79 Å². The molecule has 0 aromatic heterocycles. The van der Waals surface area contributed by atoms with Gasteiger partial charge in [0.05, 0.1) is 11.5 Å². The summed E-state index contributed by atoms with van der Waals surface area (Å²) in [7, 11) is 0. The topological polar surface area (TPSA) is 57.5 Å². The molecular formula is C11H17ClO3. The zero-order valence-electron chi connectivity index (χ0n) is 8.87. The third kappa shape index (κ3) is 2.95. The first-order valence-corrected chi connectivity index (χ1v) is 5.61. The van der Waals surface area contributed by atoms with E-state index in [0.29, 0.717) is 32.1 Å². The molecule has 0 aromatic carbocycles. The number of aliphatic carboxylic acids is 1. The predicted octanol–water partition coefficient (Wildman–Crippen LogP) is 2.53. The average molecular weight is 233 g/mol. The lowest BCUT2D eigenvalue weighted by atomic mass is 9.70. The standard InChI is InChI=1S/C11H17ClO3/c1-8(7-12)6-11(10(14)15)4-2-9(13)3-5-11/h7,9,13H,2-6H2,1H3,(H,14,15)/b8-7+. The molecule has 0 atom stereocenters. The molecule has 3 nitrogen and oxygen atoms in total. The summed E-state index contributed by atoms with van der Waals surface area (Å²) < 4.78 is 0. The molecule has 1 saturated carbocycles. The number of rotatable bonds is 3. The van der Waals surface area contributed by atoms with Gasteiger partial charge in [0, 0.05) is 5.54 Å². The maximum absolute atomic E-state index is 11.3. The number of aliphatic hydroxyl groups excluding tert-OH is 1. The summed E-state index contributed by atoms with van der Waals surface area (Å²) in [4.78, 5) is 11.3. The minimum atomic E-state index is -0.771. The summed E-state index contributed by atoms with van der Waals surface area (Å²) in [6, 6.07) is 0. The second kappa shape index (κ2) is 4.99. The van der Waals surface area contributed by atoms with Crippen LogP contribution in [-0.4, -0.2) is 22.3 Å². The molecule has 86 valence electrons. The van der Waals surface area contributed by atoms with Crippen molar-refractivity contribution < 1.29 is 15.0 Å². The normalized spacial score (nSPS) is 32.7. The highest BCUT2D eigenvalue weighted by Gasteiger charge is 2.41. The van der Waals surface area contributed by atoms with Crippen LogP contribution in [0.15, 0.2) is 11.1 Å². The van der Waals surface area contributed by atoms with Crippen molar-refractivity contribution in [3.05, 3.63) is 11.1 Å². The minimum Gasteiger partial charge on any atom is -0.481 e. The SMILES string of the molecule is C/C(=C\Cl)CC1(C(=O)O)CCC(O)CC1. The molecule has 1 fully saturated rings. The van der Waals surface area contributed by atoms with Crippen LogP contribution in [0.1, 0.15) is 39.0 Å². The Morgan fingerprint density at radius 3 is 2.47 bits per heavy atom. The number of allylic oxidation sites excluding steroid dienone is 1. The van der Waals surface area contributed by atoms with Crippen LogP contribution in [0.25, 0.3) is 0 Å². The number of hydrogen-bond donors (Lipinski definition) is 2. The van der Waals surface area contributed by atoms with Gasteiger partial charge in [0.25, 0.3) is 0 Å². The molecule has 4 heteroatoms. The third-order valence-corrected chi connectivity index (χ3v) is 3.54. The summed E-state index contributed by atoms with van der Waals surface area (Å²) in [5.74, 6) is -0.771. The molecule has 0 aromatic rings. The summed E-state index contributed by atoms with van der Waals surface area (Å²) >= 11 is 5.56. The first kappa shape index (κ1) is 12.5. The number of aliphatic hydroxyl groups is 1. The molecule has 1 aliphatic rings. The Hall–Kier alpha value is -0.540. The molecule has 1 rings (SSSR count). The predicted molar refractivity (Wildman–Crippen MR) is 58.8 cm³/mol. The van der Waals surface area contributed by atoms with E-state index >= 15 is 0 Å². The molecule has 15 heavy (non-hydrogen) atoms. The molecule has 0 amide bonds. The van der Waals surface area contributed by atoms with Gasteiger partial charge < -0.3 is 10.2 Å². The van der Waals surface area contributed by atoms with Gasteiger partial charge in [-0.15, -0.1) is 0 Å². The van der Waals surface area contributed by atoms with Crippen LogP contribution in [0.2, 0.25) is 0 Å². The fourth-order valence-electron chi connectivity index (χ4n) is 2.19. The second-order valence-corrected chi connectivity index (χ2v) is 4.67. The minimum absolute atomic E-state index is 0.335. The van der Waals surface area contributed by atoms with Gasteiger partial charge in [0.2, 0.25) is 0 Å². The van der Waals surface area contributed by atoms with E-state index in [4.69, 9.17) is 11.6 Å². The van der Waals surface area contributed by atoms with Crippen molar-refractivity contribution in [3.8, 4) is 0 Å². The largest absolute Gasteiger partial charge is 0.481 e. The lowest BCUT2D eigenvalue weighted by Gasteiger charge is -2.35. The molecule has 0 spiro atoms. The number of carbonyl (C=O) groups is 1. The monoisotopic (exact) mass is 232 g/mol. The Morgan fingerprint density at radius 2 is 2.07 bits per heavy atom. The quantitative estimate of drug-likeness (QED) is 0.786. The van der Waals surface area contributed by atoms with Gasteiger partial charge in [-0.05, 0) is 39.0 Å². The first-order valence-electron chi connectivity index (χ1n) is 5.17. The van der Waals surface area contributed by atoms with E-state index < -0.39 is 11.4 Å². The molecule has 0 aliphatic heterocycles. The molecule has 0 bridgehead atoms. The van der Waals surface area contributed by atoms with E-state index in [1.807, 2.05) is 6.92 Å². The third-order valence-electron chi connectivity index (χ3n) is 3.17. The highest BCUT2D eigenvalue weighted by molar-refractivity contribution is 6.25. The van der Waals surface area contributed by atoms with Crippen molar-refractivity contribution in [2.45, 2.75) is 45.1 Å². The fourth-order valence-corrected chi connectivity index (χ4v) is 2.27. The van der Waals surface area contributed by atoms with Crippen LogP contribution in [-0.2, 0) is 4.79 Å². The zero-order chi connectivity index (χ0) is 11.5. The van der Waals surface area contributed by atoms with Crippen LogP contribution in [0.3, 0.4) is 0 Å². The Kier molecular flexibility index (Phi) is 4.17. The van der Waals surface area contributed by atoms with Gasteiger partial charge in [-0.25, -0.2) is 0 Å². The molecule has 1 aliphatic carbocycles. The van der Waals surface area contributed by atoms with Crippen molar-refractivity contribution in [2.24, 2.45) is 5.41 Å². The number of carboxylic acid groups (broad SMARTS) is 1. The lowest BCUT2D eigenvalue weighted by molar-refractivity contribution is -0.152. The highest BCUT2D eigenvalue weighted by Crippen LogP contribution is 2.41. The van der Waals surface area contributed by atoms with Crippen molar-refractivity contribution in [3.63, 3.8) is 0 Å². The van der Waals surface area contributed by atoms with Crippen molar-refractivity contribution >= 4 is 17.6 Å². The average Bonchev–Trinajstić information content (AvgIpc) is 2.21. The van der Waals surface area contributed by atoms with Gasteiger partial charge in [0.15, 0.2) is 0 Å². The lowest BCUT2D eigenvalue weighted by Crippen LogP contribution is -2.37. The van der Waals surface area contributed by atoms with E-state index in [9.17, 15) is 15.0 Å². The second-order valence-electron chi connectivity index (χ2n) is 4.45. The van der Waals surface area contributed by atoms with Crippen molar-refractivity contribution in [2.75, 3.05) is 0 Å². The van der Waals surface area contributed by atoms with Gasteiger partial charge in [0.1, 0.15) is 0 Å². The van der Waals surface area contributed by atoms with Crippen molar-refractivity contribution in [1.29, 1.82) is 0 Å². The van der Waals surface area contributed by atoms with Gasteiger partial charge in [-0.2, -0.15) is 0 Å². The highest BCUT2D eigenvalue weighted by atomic mass is 35.5. The van der Waals surface area contributed by atoms with E-state index in [2.05, 4.69) is 0 Å². The number of carboxylic acids is 1. The zero-order valence-corrected chi connectivity index (χ0v) is 9.63. The summed E-state index contributed by atoms with van der Waals surface area (Å²) in [5.41, 5.74) is 1.61. The van der Waals surface area contributed by atoms with Crippen LogP contribution in [0, 0.1) is 5.41 Å². The summed E-state index contributed by atoms with van der Waals surface area (Å²) in [6.45, 7) is 1.84. The van der Waals surface area contributed by atoms with E-state index in [-0.39, 0.29) is 6.10 Å². The molecule has 0 heterocycles. The molecule has 0 unspecified atom stereocenters. The first-order chi connectivity index (χ1) is 7.00. The van der Waals surface area contributed by atoms with Crippen LogP contribution in [0.5, 0.6) is 0 Å². The maximum atomic E-state index is 11.3. The molecule has 2 N–H and O–H groups in total. The maximum Gasteiger partial charge on any atom is 0.309 e. The van der Waals surface area contributed by atoms with Crippen LogP contribution >= 0.6 is 11.6 Å². The van der Waals surface area contributed by atoms with Gasteiger partial charge in [-0.1, -0.05) is 17.2 Å². The number of hydrogen-bond acceptors (Lipinski definition) is 2. The Bertz CT molecular complexity index is 265. The molecular weight excluding hydrogens is 216 g/mol. The fraction of sp³-hybridized carbons (Fsp3) is 0.727. The smallest absolute Gasteiger partial charge is 0.309 e. The van der Waals surface area contributed by atoms with Gasteiger partial charge >= 0.3 is 5.97 Å². The summed E-state index contributed by atoms with van der Waals surface area (Å²) in [5, 5.41) is 18.6. The van der Waals surface area contributed by atoms with Crippen LogP contribution in [0.4, 0.5) is 0 Å². The Labute approximate surface area is 94.7 Å². The summed E-state index contributed by atoms with van der Waals surface area (Å²) in [6.07, 6.45) is 2.36. The van der Waals surface area contributed by atoms with E-state index in [1.54, 1.807) is 0 Å². The van der Waals surface area contributed by atoms with E-state index in [0.717, 1.165) is 5.57 Å². The number of halogens is 1. The van der Waals surface area contributed by atoms with Crippen LogP contribution < -0.4 is 0 Å². The Balaban J connectivity index is 2.76. The molecule has 0 saturated heterocycles. The van der Waals surface area contributed by atoms with Crippen molar-refractivity contribution in [1.82, 2.24) is 0 Å². The molecule has 0 radical (unpaired) electrons. The Morgan fingerprint density at radius 1 is 1.53 bits per heavy atom. The van der Waals surface area contributed by atoms with E-state index in [1.165, 1.54) is 5.54 Å².